The van der Waals surface area contributed by atoms with Crippen LogP contribution in [0.1, 0.15) is 40.9 Å². The van der Waals surface area contributed by atoms with Gasteiger partial charge in [0.15, 0.2) is 5.75 Å². The van der Waals surface area contributed by atoms with E-state index < -0.39 is 57.4 Å². The highest BCUT2D eigenvalue weighted by molar-refractivity contribution is 8.26. The van der Waals surface area contributed by atoms with Crippen LogP contribution in [0.2, 0.25) is 0 Å². The first-order valence-electron chi connectivity index (χ1n) is 10.6. The lowest BCUT2D eigenvalue weighted by Gasteiger charge is -2.60. The number of carbonyl (C=O) groups is 1. The maximum absolute atomic E-state index is 15.1. The van der Waals surface area contributed by atoms with Gasteiger partial charge in [0.1, 0.15) is 34.3 Å². The van der Waals surface area contributed by atoms with E-state index in [1.807, 2.05) is 0 Å². The van der Waals surface area contributed by atoms with E-state index in [9.17, 15) is 27.1 Å². The fourth-order valence-electron chi connectivity index (χ4n) is 4.78. The lowest BCUT2D eigenvalue weighted by Crippen LogP contribution is -2.60. The summed E-state index contributed by atoms with van der Waals surface area (Å²) in [6.45, 7) is -3.15. The number of alkyl halides is 3. The van der Waals surface area contributed by atoms with E-state index in [2.05, 4.69) is 14.7 Å². The van der Waals surface area contributed by atoms with Crippen LogP contribution >= 0.6 is 10.6 Å². The van der Waals surface area contributed by atoms with Crippen LogP contribution in [0.4, 0.5) is 17.6 Å². The van der Waals surface area contributed by atoms with Gasteiger partial charge in [0.25, 0.3) is 5.91 Å². The SMILES string of the molecule is Cc1c(C(N)=O)ncc(OC(F)F)c1-c1ccc(F)c([C@]2(CF)CS(O)(O)C3(CCC3)C(N)=N2)c1. The van der Waals surface area contributed by atoms with Crippen molar-refractivity contribution in [3.05, 3.63) is 47.0 Å². The van der Waals surface area contributed by atoms with Gasteiger partial charge in [-0.1, -0.05) is 6.07 Å². The van der Waals surface area contributed by atoms with Gasteiger partial charge in [-0.2, -0.15) is 19.4 Å². The first kappa shape index (κ1) is 25.2. The molecule has 1 amide bonds. The molecule has 2 heterocycles. The lowest BCUT2D eigenvalue weighted by molar-refractivity contribution is -0.0497. The number of amidine groups is 1. The van der Waals surface area contributed by atoms with Crippen LogP contribution in [0.25, 0.3) is 11.1 Å². The van der Waals surface area contributed by atoms with Gasteiger partial charge in [-0.25, -0.2) is 13.8 Å². The third kappa shape index (κ3) is 3.91. The number of amides is 1. The van der Waals surface area contributed by atoms with Gasteiger partial charge in [-0.3, -0.25) is 18.9 Å². The predicted molar refractivity (Wildman–Crippen MR) is 123 cm³/mol. The van der Waals surface area contributed by atoms with Crippen LogP contribution in [-0.4, -0.2) is 49.6 Å². The van der Waals surface area contributed by atoms with Crippen LogP contribution in [-0.2, 0) is 5.54 Å². The second-order valence-corrected chi connectivity index (χ2v) is 11.1. The van der Waals surface area contributed by atoms with Crippen LogP contribution in [0.3, 0.4) is 0 Å². The van der Waals surface area contributed by atoms with Gasteiger partial charge in [-0.15, -0.1) is 0 Å². The molecule has 4 rings (SSSR count). The van der Waals surface area contributed by atoms with Crippen LogP contribution < -0.4 is 16.2 Å². The Kier molecular flexibility index (Phi) is 6.22. The maximum atomic E-state index is 15.1. The average molecular weight is 517 g/mol. The zero-order valence-electron chi connectivity index (χ0n) is 18.6. The summed E-state index contributed by atoms with van der Waals surface area (Å²) < 4.78 is 81.1. The predicted octanol–water partition coefficient (Wildman–Crippen LogP) is 4.11. The van der Waals surface area contributed by atoms with Crippen LogP contribution in [0, 0.1) is 12.7 Å². The van der Waals surface area contributed by atoms with Gasteiger partial charge < -0.3 is 16.2 Å². The van der Waals surface area contributed by atoms with E-state index in [4.69, 9.17) is 11.5 Å². The number of nitrogens with two attached hydrogens (primary N) is 2. The van der Waals surface area contributed by atoms with E-state index in [0.717, 1.165) is 18.3 Å². The molecule has 0 radical (unpaired) electrons. The monoisotopic (exact) mass is 516 g/mol. The summed E-state index contributed by atoms with van der Waals surface area (Å²) in [6.07, 6.45) is 2.32. The third-order valence-corrected chi connectivity index (χ3v) is 9.49. The van der Waals surface area contributed by atoms with Crippen molar-refractivity contribution >= 4 is 22.3 Å². The number of hydrogen-bond acceptors (Lipinski definition) is 7. The summed E-state index contributed by atoms with van der Waals surface area (Å²) in [7, 11) is -3.51. The zero-order valence-corrected chi connectivity index (χ0v) is 19.4. The topological polar surface area (TPSA) is 144 Å². The largest absolute Gasteiger partial charge is 0.433 e. The van der Waals surface area contributed by atoms with Gasteiger partial charge >= 0.3 is 6.61 Å². The van der Waals surface area contributed by atoms with E-state index in [1.165, 1.54) is 13.0 Å². The van der Waals surface area contributed by atoms with Gasteiger partial charge in [0, 0.05) is 11.1 Å². The number of ether oxygens (including phenoxy) is 1. The Morgan fingerprint density at radius 3 is 2.51 bits per heavy atom. The number of rotatable bonds is 6. The maximum Gasteiger partial charge on any atom is 0.387 e. The summed E-state index contributed by atoms with van der Waals surface area (Å²) in [5, 5.41) is 0. The van der Waals surface area contributed by atoms with Crippen molar-refractivity contribution in [2.24, 2.45) is 16.5 Å². The van der Waals surface area contributed by atoms with Crippen LogP contribution in [0.5, 0.6) is 5.75 Å². The number of primary amides is 1. The summed E-state index contributed by atoms with van der Waals surface area (Å²) in [5.41, 5.74) is 8.89. The minimum atomic E-state index is -3.51. The van der Waals surface area contributed by atoms with Crippen molar-refractivity contribution in [3.8, 4) is 16.9 Å². The molecule has 1 aliphatic carbocycles. The van der Waals surface area contributed by atoms with Crippen molar-refractivity contribution in [3.63, 3.8) is 0 Å². The van der Waals surface area contributed by atoms with Gasteiger partial charge in [0.2, 0.25) is 0 Å². The first-order valence-corrected chi connectivity index (χ1v) is 12.3. The highest BCUT2D eigenvalue weighted by atomic mass is 32.3. The smallest absolute Gasteiger partial charge is 0.387 e. The normalized spacial score (nSPS) is 23.5. The molecule has 0 unspecified atom stereocenters. The fourth-order valence-corrected chi connectivity index (χ4v) is 7.34. The molecule has 1 aromatic carbocycles. The molecule has 35 heavy (non-hydrogen) atoms. The summed E-state index contributed by atoms with van der Waals surface area (Å²) in [6, 6.07) is 3.33. The number of halogens is 4. The molecule has 1 aliphatic heterocycles. The lowest BCUT2D eigenvalue weighted by atomic mass is 9.82. The number of aromatic nitrogens is 1. The number of pyridine rings is 1. The van der Waals surface area contributed by atoms with E-state index in [0.29, 0.717) is 19.3 Å². The molecule has 2 aromatic rings. The molecule has 13 heteroatoms. The quantitative estimate of drug-likeness (QED) is 0.426. The molecule has 1 saturated carbocycles. The Balaban J connectivity index is 1.92. The summed E-state index contributed by atoms with van der Waals surface area (Å²) in [4.78, 5) is 19.8. The van der Waals surface area contributed by atoms with E-state index in [1.54, 1.807) is 0 Å². The summed E-state index contributed by atoms with van der Waals surface area (Å²) >= 11 is 0. The highest BCUT2D eigenvalue weighted by Crippen LogP contribution is 2.66. The molecule has 0 bridgehead atoms. The van der Waals surface area contributed by atoms with Crippen molar-refractivity contribution in [1.82, 2.24) is 4.98 Å². The van der Waals surface area contributed by atoms with Crippen molar-refractivity contribution in [2.75, 3.05) is 12.4 Å². The van der Waals surface area contributed by atoms with Gasteiger partial charge in [0.05, 0.1) is 11.9 Å². The van der Waals surface area contributed by atoms with E-state index in [-0.39, 0.29) is 33.8 Å². The average Bonchev–Trinajstić information content (AvgIpc) is 2.71. The standard InChI is InChI=1S/C22H24F4N4O4S/c1-11-16(15(34-20(25)26)8-29-17(11)18(27)31)12-3-4-14(24)13(7-12)21(9-23)10-35(32,33)22(5-2-6-22)19(28)30-21/h3-4,7-8,20,32-33H,2,5-6,9-10H2,1H3,(H2,27,31)(H2,28,30)/t21-/m0/s1. The molecule has 1 atom stereocenters. The molecular weight excluding hydrogens is 492 g/mol. The Morgan fingerprint density at radius 1 is 1.31 bits per heavy atom. The Hall–Kier alpha value is -2.90. The van der Waals surface area contributed by atoms with Crippen molar-refractivity contribution in [2.45, 2.75) is 43.1 Å². The molecule has 1 spiro atoms. The van der Waals surface area contributed by atoms with Crippen LogP contribution in [0.15, 0.2) is 29.4 Å². The molecule has 0 saturated heterocycles. The second kappa shape index (κ2) is 8.64. The minimum absolute atomic E-state index is 0.0424. The molecule has 2 aliphatic rings. The molecule has 8 nitrogen and oxygen atoms in total. The number of carbonyl (C=O) groups excluding carboxylic acids is 1. The van der Waals surface area contributed by atoms with Gasteiger partial charge in [-0.05, 0) is 49.4 Å². The summed E-state index contributed by atoms with van der Waals surface area (Å²) in [5.74, 6) is -3.02. The minimum Gasteiger partial charge on any atom is -0.433 e. The molecule has 6 N–H and O–H groups in total. The molecule has 190 valence electrons. The number of aliphatic imine (C=N–C) groups is 1. The molecular formula is C22H24F4N4O4S. The van der Waals surface area contributed by atoms with Crippen molar-refractivity contribution < 1.29 is 36.2 Å². The molecule has 1 aromatic heterocycles. The Morgan fingerprint density at radius 2 is 2.00 bits per heavy atom. The number of nitrogens with zero attached hydrogens (tertiary/aromatic N) is 2. The van der Waals surface area contributed by atoms with E-state index >= 15 is 4.39 Å². The Bertz CT molecular complexity index is 1220. The Labute approximate surface area is 199 Å². The zero-order chi connectivity index (χ0) is 25.8. The molecule has 1 fully saturated rings. The number of hydrogen-bond donors (Lipinski definition) is 4. The second-order valence-electron chi connectivity index (χ2n) is 8.73. The fraction of sp³-hybridized carbons (Fsp3) is 0.409. The van der Waals surface area contributed by atoms with Crippen molar-refractivity contribution in [1.29, 1.82) is 0 Å². The first-order chi connectivity index (χ1) is 16.4. The third-order valence-electron chi connectivity index (χ3n) is 6.74. The highest BCUT2D eigenvalue weighted by Gasteiger charge is 2.59. The number of benzene rings is 1.